The SMILES string of the molecule is Cc1cc(OCC(=O)CC23CC(NC(=O)c4cncnc4)(C2)C3)ccc1Cl. The number of aromatic nitrogens is 2. The van der Waals surface area contributed by atoms with Crippen molar-refractivity contribution in [3.63, 3.8) is 0 Å². The van der Waals surface area contributed by atoms with Gasteiger partial charge in [-0.05, 0) is 55.4 Å². The smallest absolute Gasteiger partial charge is 0.254 e. The highest BCUT2D eigenvalue weighted by atomic mass is 35.5. The van der Waals surface area contributed by atoms with Gasteiger partial charge in [0, 0.05) is 29.4 Å². The van der Waals surface area contributed by atoms with E-state index in [1.54, 1.807) is 12.1 Å². The summed E-state index contributed by atoms with van der Waals surface area (Å²) in [6, 6.07) is 5.36. The van der Waals surface area contributed by atoms with Crippen molar-refractivity contribution in [2.45, 2.75) is 38.1 Å². The molecule has 2 bridgehead atoms. The Morgan fingerprint density at radius 1 is 1.22 bits per heavy atom. The van der Waals surface area contributed by atoms with E-state index in [1.807, 2.05) is 13.0 Å². The first-order valence-corrected chi connectivity index (χ1v) is 9.25. The van der Waals surface area contributed by atoms with E-state index in [0.29, 0.717) is 22.8 Å². The molecule has 1 N–H and O–H groups in total. The Kier molecular flexibility index (Phi) is 4.38. The van der Waals surface area contributed by atoms with E-state index in [-0.39, 0.29) is 29.3 Å². The summed E-state index contributed by atoms with van der Waals surface area (Å²) in [5.41, 5.74) is 1.24. The third kappa shape index (κ3) is 3.54. The first kappa shape index (κ1) is 17.9. The van der Waals surface area contributed by atoms with Crippen LogP contribution in [0.25, 0.3) is 0 Å². The van der Waals surface area contributed by atoms with E-state index >= 15 is 0 Å². The minimum absolute atomic E-state index is 0.0246. The highest BCUT2D eigenvalue weighted by Gasteiger charge is 2.68. The average molecular weight is 386 g/mol. The van der Waals surface area contributed by atoms with Crippen LogP contribution in [0.5, 0.6) is 5.75 Å². The molecule has 0 spiro atoms. The Bertz CT molecular complexity index is 881. The lowest BCUT2D eigenvalue weighted by atomic mass is 9.38. The predicted octanol–water partition coefficient (Wildman–Crippen LogP) is 3.13. The first-order valence-electron chi connectivity index (χ1n) is 8.87. The number of hydrogen-bond acceptors (Lipinski definition) is 5. The fraction of sp³-hybridized carbons (Fsp3) is 0.400. The van der Waals surface area contributed by atoms with E-state index in [0.717, 1.165) is 24.8 Å². The molecule has 0 saturated heterocycles. The lowest BCUT2D eigenvalue weighted by Crippen LogP contribution is -2.75. The van der Waals surface area contributed by atoms with Crippen molar-refractivity contribution in [2.75, 3.05) is 6.61 Å². The summed E-state index contributed by atoms with van der Waals surface area (Å²) in [5.74, 6) is 0.576. The molecule has 1 heterocycles. The van der Waals surface area contributed by atoms with Crippen LogP contribution in [-0.2, 0) is 4.79 Å². The number of Topliss-reactive ketones (excluding diaryl/α,β-unsaturated/α-hetero) is 1. The molecule has 3 fully saturated rings. The van der Waals surface area contributed by atoms with Gasteiger partial charge in [0.1, 0.15) is 18.7 Å². The van der Waals surface area contributed by atoms with Gasteiger partial charge in [-0.2, -0.15) is 0 Å². The molecule has 3 saturated carbocycles. The van der Waals surface area contributed by atoms with Crippen molar-refractivity contribution >= 4 is 23.3 Å². The number of amides is 1. The van der Waals surface area contributed by atoms with Crippen LogP contribution >= 0.6 is 11.6 Å². The van der Waals surface area contributed by atoms with E-state index in [9.17, 15) is 9.59 Å². The normalized spacial score (nSPS) is 25.1. The predicted molar refractivity (Wildman–Crippen MR) is 99.8 cm³/mol. The van der Waals surface area contributed by atoms with Gasteiger partial charge in [-0.15, -0.1) is 0 Å². The molecule has 140 valence electrons. The Morgan fingerprint density at radius 3 is 2.59 bits per heavy atom. The molecule has 0 atom stereocenters. The standard InChI is InChI=1S/C20H20ClN3O3/c1-13-4-16(2-3-17(13)21)27-8-15(25)5-19-9-20(10-19,11-19)24-18(26)14-6-22-12-23-7-14/h2-4,6-7,12H,5,8-11H2,1H3,(H,24,26). The van der Waals surface area contributed by atoms with Gasteiger partial charge in [-0.3, -0.25) is 9.59 Å². The quantitative estimate of drug-likeness (QED) is 0.791. The second-order valence-electron chi connectivity index (χ2n) is 7.81. The maximum atomic E-state index is 12.3. The third-order valence-corrected chi connectivity index (χ3v) is 5.87. The van der Waals surface area contributed by atoms with Crippen LogP contribution in [0, 0.1) is 12.3 Å². The summed E-state index contributed by atoms with van der Waals surface area (Å²) in [7, 11) is 0. The van der Waals surface area contributed by atoms with Crippen molar-refractivity contribution in [1.82, 2.24) is 15.3 Å². The summed E-state index contributed by atoms with van der Waals surface area (Å²) >= 11 is 5.99. The molecule has 3 aliphatic rings. The fourth-order valence-electron chi connectivity index (χ4n) is 4.39. The molecule has 3 aliphatic carbocycles. The van der Waals surface area contributed by atoms with Crippen LogP contribution in [0.1, 0.15) is 41.6 Å². The maximum Gasteiger partial charge on any atom is 0.254 e. The topological polar surface area (TPSA) is 81.2 Å². The first-order chi connectivity index (χ1) is 12.9. The number of ether oxygens (including phenoxy) is 1. The molecule has 27 heavy (non-hydrogen) atoms. The largest absolute Gasteiger partial charge is 0.486 e. The van der Waals surface area contributed by atoms with Crippen LogP contribution in [0.15, 0.2) is 36.9 Å². The minimum Gasteiger partial charge on any atom is -0.486 e. The van der Waals surface area contributed by atoms with Gasteiger partial charge in [0.15, 0.2) is 5.78 Å². The summed E-state index contributed by atoms with van der Waals surface area (Å²) < 4.78 is 5.59. The van der Waals surface area contributed by atoms with Gasteiger partial charge in [-0.25, -0.2) is 9.97 Å². The van der Waals surface area contributed by atoms with Crippen molar-refractivity contribution in [3.05, 3.63) is 53.1 Å². The lowest BCUT2D eigenvalue weighted by molar-refractivity contribution is -0.162. The molecule has 0 radical (unpaired) electrons. The monoisotopic (exact) mass is 385 g/mol. The van der Waals surface area contributed by atoms with Gasteiger partial charge in [-0.1, -0.05) is 11.6 Å². The summed E-state index contributed by atoms with van der Waals surface area (Å²) in [6.07, 6.45) is 7.41. The summed E-state index contributed by atoms with van der Waals surface area (Å²) in [5, 5.41) is 3.75. The minimum atomic E-state index is -0.165. The van der Waals surface area contributed by atoms with Crippen LogP contribution in [-0.4, -0.2) is 33.8 Å². The lowest BCUT2D eigenvalue weighted by Gasteiger charge is -2.70. The van der Waals surface area contributed by atoms with Crippen molar-refractivity contribution < 1.29 is 14.3 Å². The molecule has 7 heteroatoms. The van der Waals surface area contributed by atoms with Gasteiger partial charge >= 0.3 is 0 Å². The summed E-state index contributed by atoms with van der Waals surface area (Å²) in [4.78, 5) is 32.2. The van der Waals surface area contributed by atoms with Crippen molar-refractivity contribution in [1.29, 1.82) is 0 Å². The van der Waals surface area contributed by atoms with E-state index < -0.39 is 0 Å². The zero-order valence-corrected chi connectivity index (χ0v) is 15.8. The zero-order valence-electron chi connectivity index (χ0n) is 15.0. The van der Waals surface area contributed by atoms with Crippen LogP contribution in [0.4, 0.5) is 0 Å². The molecule has 6 nitrogen and oxygen atoms in total. The van der Waals surface area contributed by atoms with E-state index in [2.05, 4.69) is 15.3 Å². The van der Waals surface area contributed by atoms with Crippen molar-refractivity contribution in [3.8, 4) is 5.75 Å². The van der Waals surface area contributed by atoms with E-state index in [4.69, 9.17) is 16.3 Å². The average Bonchev–Trinajstić information content (AvgIpc) is 2.60. The molecule has 2 aromatic rings. The number of nitrogens with zero attached hydrogens (tertiary/aromatic N) is 2. The second kappa shape index (κ2) is 6.60. The highest BCUT2D eigenvalue weighted by molar-refractivity contribution is 6.31. The fourth-order valence-corrected chi connectivity index (χ4v) is 4.51. The number of aryl methyl sites for hydroxylation is 1. The summed E-state index contributed by atoms with van der Waals surface area (Å²) in [6.45, 7) is 1.96. The van der Waals surface area contributed by atoms with Crippen molar-refractivity contribution in [2.24, 2.45) is 5.41 Å². The van der Waals surface area contributed by atoms with Gasteiger partial charge in [0.2, 0.25) is 0 Å². The molecule has 1 aromatic heterocycles. The Hall–Kier alpha value is -2.47. The molecule has 0 unspecified atom stereocenters. The molecular weight excluding hydrogens is 366 g/mol. The highest BCUT2D eigenvalue weighted by Crippen LogP contribution is 2.69. The van der Waals surface area contributed by atoms with Crippen LogP contribution in [0.2, 0.25) is 5.02 Å². The number of carbonyl (C=O) groups excluding carboxylic acids is 2. The Morgan fingerprint density at radius 2 is 1.93 bits per heavy atom. The molecular formula is C20H20ClN3O3. The van der Waals surface area contributed by atoms with Crippen LogP contribution < -0.4 is 10.1 Å². The number of nitrogens with one attached hydrogen (secondary N) is 1. The van der Waals surface area contributed by atoms with Gasteiger partial charge in [0.05, 0.1) is 5.56 Å². The second-order valence-corrected chi connectivity index (χ2v) is 8.21. The third-order valence-electron chi connectivity index (χ3n) is 5.44. The molecule has 1 aromatic carbocycles. The molecule has 0 aliphatic heterocycles. The van der Waals surface area contributed by atoms with Gasteiger partial charge < -0.3 is 10.1 Å². The number of halogens is 1. The van der Waals surface area contributed by atoms with Gasteiger partial charge in [0.25, 0.3) is 5.91 Å². The van der Waals surface area contributed by atoms with Crippen LogP contribution in [0.3, 0.4) is 0 Å². The maximum absolute atomic E-state index is 12.3. The number of ketones is 1. The number of carbonyl (C=O) groups is 2. The molecule has 5 rings (SSSR count). The number of hydrogen-bond donors (Lipinski definition) is 1. The Balaban J connectivity index is 1.24. The number of benzene rings is 1. The van der Waals surface area contributed by atoms with E-state index in [1.165, 1.54) is 18.7 Å². The molecule has 1 amide bonds. The number of rotatable bonds is 7. The Labute approximate surface area is 162 Å². The zero-order chi connectivity index (χ0) is 19.1.